The molecule has 6 aliphatic carbocycles. The van der Waals surface area contributed by atoms with Crippen LogP contribution in [0.1, 0.15) is 106 Å². The van der Waals surface area contributed by atoms with E-state index in [1.807, 2.05) is 51.9 Å². The Morgan fingerprint density at radius 1 is 0.938 bits per heavy atom. The van der Waals surface area contributed by atoms with Crippen LogP contribution in [0, 0.1) is 116 Å². The van der Waals surface area contributed by atoms with Crippen molar-refractivity contribution in [1.29, 1.82) is 0 Å². The van der Waals surface area contributed by atoms with Crippen LogP contribution in [0.5, 0.6) is 0 Å². The standard InChI is InChI=1S/C38H56NO2S.C5H5.Fe/c1-8-27(25(3)4)15-14-26(5)32-18-19-33-31-17-16-29-24-30(20-22-37(29,6)34(31)21-23-38(32,33)7)42-35(28-12-10-11-13-28)39-36(40)41-9-2;1-2-4-5-3-1;/h10-16,25-27,30-34H,8-9,17-24H2,1-7H3;1-5H;/q;;+2/b15-14+,39-35+;;/t26-,27-,30-,31+,32-,33+,34+,37+,38-;;/m1../s1. The average Bonchev–Trinajstić information content (AvgIpc) is 3.84. The molecule has 0 aromatic heterocycles. The Hall–Kier alpha value is -0.511. The zero-order valence-electron chi connectivity index (χ0n) is 30.6. The summed E-state index contributed by atoms with van der Waals surface area (Å²) in [7, 11) is 0. The molecule has 10 radical (unpaired) electrons. The molecule has 6 rings (SSSR count). The van der Waals surface area contributed by atoms with E-state index in [-0.39, 0.29) is 17.1 Å². The Balaban J connectivity index is 0.000000794. The van der Waals surface area contributed by atoms with Gasteiger partial charge in [-0.05, 0) is 175 Å². The molecule has 0 unspecified atom stereocenters. The topological polar surface area (TPSA) is 38.7 Å². The number of rotatable bonds is 8. The van der Waals surface area contributed by atoms with Crippen LogP contribution < -0.4 is 0 Å². The molecule has 0 aromatic carbocycles. The van der Waals surface area contributed by atoms with Gasteiger partial charge in [-0.25, -0.2) is 4.79 Å². The molecule has 0 aromatic rings. The maximum absolute atomic E-state index is 12.3. The first-order valence-corrected chi connectivity index (χ1v) is 19.7. The molecular formula is C43H61FeNO2S+2. The van der Waals surface area contributed by atoms with Gasteiger partial charge in [0.25, 0.3) is 0 Å². The predicted octanol–water partition coefficient (Wildman–Crippen LogP) is 11.5. The van der Waals surface area contributed by atoms with E-state index in [0.717, 1.165) is 47.0 Å². The summed E-state index contributed by atoms with van der Waals surface area (Å²) >= 11 is 1.79. The van der Waals surface area contributed by atoms with Gasteiger partial charge >= 0.3 is 23.2 Å². The minimum absolute atomic E-state index is 0. The van der Waals surface area contributed by atoms with E-state index in [0.29, 0.717) is 34.5 Å². The van der Waals surface area contributed by atoms with Crippen LogP contribution in [0.25, 0.3) is 0 Å². The van der Waals surface area contributed by atoms with Gasteiger partial charge in [-0.3, -0.25) is 0 Å². The van der Waals surface area contributed by atoms with Crippen molar-refractivity contribution in [3.05, 3.63) is 87.5 Å². The SMILES string of the molecule is CCOC(=O)/N=C(/S[C@@H]1CC[C@@]2(C)C(=CC[C@H]3[C@@H]4CC[C@H]([C@H](C)/C=C/[C@@H](CC)C(C)C)[C@@]4(C)CC[C@@H]32)C1)[C]1[CH][CH][CH][CH]1.[CH]1[CH][CH][CH][CH]1.[Fe+2]. The first-order valence-electron chi connectivity index (χ1n) is 18.8. The van der Waals surface area contributed by atoms with Crippen molar-refractivity contribution in [2.45, 2.75) is 112 Å². The van der Waals surface area contributed by atoms with Gasteiger partial charge in [0.2, 0.25) is 0 Å². The number of hydrogen-bond acceptors (Lipinski definition) is 3. The van der Waals surface area contributed by atoms with E-state index in [4.69, 9.17) is 4.74 Å². The third-order valence-electron chi connectivity index (χ3n) is 13.0. The molecule has 9 atom stereocenters. The Morgan fingerprint density at radius 3 is 2.25 bits per heavy atom. The molecule has 6 aliphatic rings. The summed E-state index contributed by atoms with van der Waals surface area (Å²) in [5.74, 6) is 6.49. The third kappa shape index (κ3) is 9.10. The third-order valence-corrected chi connectivity index (χ3v) is 14.2. The zero-order valence-corrected chi connectivity index (χ0v) is 32.6. The summed E-state index contributed by atoms with van der Waals surface area (Å²) in [6, 6.07) is 0. The second-order valence-corrected chi connectivity index (χ2v) is 17.1. The van der Waals surface area contributed by atoms with E-state index in [9.17, 15) is 4.79 Å². The van der Waals surface area contributed by atoms with E-state index in [2.05, 4.69) is 77.6 Å². The van der Waals surface area contributed by atoms with Crippen molar-refractivity contribution in [1.82, 2.24) is 0 Å². The fourth-order valence-electron chi connectivity index (χ4n) is 10.3. The van der Waals surface area contributed by atoms with Crippen molar-refractivity contribution in [3.8, 4) is 0 Å². The Morgan fingerprint density at radius 2 is 1.62 bits per heavy atom. The number of aliphatic imine (C=N–C) groups is 1. The summed E-state index contributed by atoms with van der Waals surface area (Å²) in [6.07, 6.45) is 37.2. The van der Waals surface area contributed by atoms with Crippen molar-refractivity contribution in [2.75, 3.05) is 6.61 Å². The maximum atomic E-state index is 12.3. The van der Waals surface area contributed by atoms with Crippen LogP contribution in [0.15, 0.2) is 28.8 Å². The second-order valence-electron chi connectivity index (χ2n) is 15.8. The summed E-state index contributed by atoms with van der Waals surface area (Å²) in [4.78, 5) is 16.7. The van der Waals surface area contributed by atoms with E-state index in [1.54, 1.807) is 17.3 Å². The van der Waals surface area contributed by atoms with Crippen molar-refractivity contribution in [2.24, 2.45) is 57.2 Å². The summed E-state index contributed by atoms with van der Waals surface area (Å²) in [5.41, 5.74) is 2.51. The quantitative estimate of drug-likeness (QED) is 0.109. The normalized spacial score (nSPS) is 36.3. The molecule has 5 saturated carbocycles. The smallest absolute Gasteiger partial charge is 0.448 e. The number of amides is 1. The number of carbonyl (C=O) groups excluding carboxylic acids is 1. The van der Waals surface area contributed by atoms with Crippen molar-refractivity contribution in [3.63, 3.8) is 0 Å². The van der Waals surface area contributed by atoms with Gasteiger partial charge < -0.3 is 4.74 Å². The Labute approximate surface area is 311 Å². The fourth-order valence-corrected chi connectivity index (χ4v) is 11.5. The van der Waals surface area contributed by atoms with Crippen molar-refractivity contribution >= 4 is 22.9 Å². The van der Waals surface area contributed by atoms with Gasteiger partial charge in [0.05, 0.1) is 11.7 Å². The van der Waals surface area contributed by atoms with Crippen molar-refractivity contribution < 1.29 is 26.6 Å². The molecule has 0 bridgehead atoms. The van der Waals surface area contributed by atoms with Crippen LogP contribution in [0.2, 0.25) is 0 Å². The van der Waals surface area contributed by atoms with Gasteiger partial charge in [-0.15, -0.1) is 11.8 Å². The number of fused-ring (bicyclic) bond motifs is 5. The predicted molar refractivity (Wildman–Crippen MR) is 200 cm³/mol. The van der Waals surface area contributed by atoms with Gasteiger partial charge in [0, 0.05) is 11.2 Å². The van der Waals surface area contributed by atoms with Crippen LogP contribution in [-0.4, -0.2) is 23.0 Å². The molecule has 0 heterocycles. The minimum atomic E-state index is -0.475. The fraction of sp³-hybridized carbons (Fsp3) is 0.628. The molecule has 3 nitrogen and oxygen atoms in total. The van der Waals surface area contributed by atoms with Gasteiger partial charge in [0.15, 0.2) is 0 Å². The molecule has 0 N–H and O–H groups in total. The number of carbonyl (C=O) groups is 1. The molecule has 0 saturated heterocycles. The molecule has 48 heavy (non-hydrogen) atoms. The van der Waals surface area contributed by atoms with Gasteiger partial charge in [0.1, 0.15) is 0 Å². The Kier molecular flexibility index (Phi) is 15.4. The molecule has 1 amide bonds. The van der Waals surface area contributed by atoms with Gasteiger partial charge in [-0.2, -0.15) is 4.99 Å². The molecule has 262 valence electrons. The molecule has 5 fully saturated rings. The maximum Gasteiger partial charge on any atom is 2.00 e. The number of allylic oxidation sites excluding steroid dienone is 4. The average molecular weight is 712 g/mol. The van der Waals surface area contributed by atoms with Crippen LogP contribution in [-0.2, 0) is 21.8 Å². The van der Waals surface area contributed by atoms with E-state index >= 15 is 0 Å². The second kappa shape index (κ2) is 18.3. The molecule has 0 spiro atoms. The monoisotopic (exact) mass is 711 g/mol. The van der Waals surface area contributed by atoms with E-state index < -0.39 is 6.09 Å². The number of nitrogens with zero attached hydrogens (tertiary/aromatic N) is 1. The minimum Gasteiger partial charge on any atom is -0.448 e. The number of ether oxygens (including phenoxy) is 1. The summed E-state index contributed by atoms with van der Waals surface area (Å²) in [5, 5.41) is 1.27. The largest absolute Gasteiger partial charge is 2.00 e. The summed E-state index contributed by atoms with van der Waals surface area (Å²) in [6.45, 7) is 17.1. The van der Waals surface area contributed by atoms with E-state index in [1.165, 1.54) is 51.4 Å². The van der Waals surface area contributed by atoms with Crippen LogP contribution in [0.3, 0.4) is 0 Å². The van der Waals surface area contributed by atoms with Crippen LogP contribution >= 0.6 is 11.8 Å². The first-order chi connectivity index (χ1) is 22.6. The first kappa shape index (κ1) is 40.3. The molecule has 5 heteroatoms. The summed E-state index contributed by atoms with van der Waals surface area (Å²) < 4.78 is 5.17. The molecule has 0 aliphatic heterocycles. The molecular weight excluding hydrogens is 650 g/mol. The Bertz CT molecular complexity index is 1110. The number of hydrogen-bond donors (Lipinski definition) is 0. The van der Waals surface area contributed by atoms with Crippen LogP contribution in [0.4, 0.5) is 4.79 Å². The zero-order chi connectivity index (χ0) is 33.6. The van der Waals surface area contributed by atoms with Gasteiger partial charge in [-0.1, -0.05) is 65.3 Å². The number of thioether (sulfide) groups is 1.